The summed E-state index contributed by atoms with van der Waals surface area (Å²) in [6.45, 7) is 3.00. The Morgan fingerprint density at radius 2 is 1.25 bits per heavy atom. The Labute approximate surface area is 147 Å². The molecule has 0 unspecified atom stereocenters. The predicted octanol–water partition coefficient (Wildman–Crippen LogP) is 5.82. The van der Waals surface area contributed by atoms with Crippen molar-refractivity contribution in [3.63, 3.8) is 0 Å². The van der Waals surface area contributed by atoms with Crippen LogP contribution in [-0.4, -0.2) is 17.6 Å². The molecular formula is C21H35NO2. The molecule has 0 aliphatic rings. The van der Waals surface area contributed by atoms with E-state index in [4.69, 9.17) is 0 Å². The molecule has 3 heteroatoms. The maximum Gasteiger partial charge on any atom is 0.251 e. The number of nitrogens with one attached hydrogen (secondary N) is 1. The molecule has 0 fully saturated rings. The first kappa shape index (κ1) is 20.5. The molecule has 0 bridgehead atoms. The molecule has 0 radical (unpaired) electrons. The first-order valence-electron chi connectivity index (χ1n) is 9.81. The smallest absolute Gasteiger partial charge is 0.251 e. The number of benzene rings is 1. The lowest BCUT2D eigenvalue weighted by atomic mass is 10.1. The second-order valence-corrected chi connectivity index (χ2v) is 6.69. The van der Waals surface area contributed by atoms with Crippen molar-refractivity contribution < 1.29 is 9.90 Å². The van der Waals surface area contributed by atoms with Crippen molar-refractivity contribution in [3.8, 4) is 5.75 Å². The van der Waals surface area contributed by atoms with E-state index in [-0.39, 0.29) is 11.7 Å². The molecule has 0 aliphatic heterocycles. The fourth-order valence-electron chi connectivity index (χ4n) is 2.88. The topological polar surface area (TPSA) is 49.3 Å². The van der Waals surface area contributed by atoms with Crippen LogP contribution in [0.1, 0.15) is 94.3 Å². The van der Waals surface area contributed by atoms with Gasteiger partial charge in [0.15, 0.2) is 0 Å². The Morgan fingerprint density at radius 3 is 1.75 bits per heavy atom. The van der Waals surface area contributed by atoms with Crippen LogP contribution in [0.15, 0.2) is 24.3 Å². The molecule has 0 aliphatic carbocycles. The van der Waals surface area contributed by atoms with Gasteiger partial charge in [-0.25, -0.2) is 0 Å². The summed E-state index contributed by atoms with van der Waals surface area (Å²) in [4.78, 5) is 11.9. The lowest BCUT2D eigenvalue weighted by Gasteiger charge is -2.06. The Balaban J connectivity index is 1.87. The number of carbonyl (C=O) groups excluding carboxylic acids is 1. The zero-order valence-corrected chi connectivity index (χ0v) is 15.4. The lowest BCUT2D eigenvalue weighted by molar-refractivity contribution is 0.0953. The highest BCUT2D eigenvalue weighted by molar-refractivity contribution is 5.94. The maximum absolute atomic E-state index is 11.9. The highest BCUT2D eigenvalue weighted by Gasteiger charge is 2.03. The number of phenols is 1. The average molecular weight is 334 g/mol. The summed E-state index contributed by atoms with van der Waals surface area (Å²) < 4.78 is 0. The molecule has 1 aromatic carbocycles. The van der Waals surface area contributed by atoms with Gasteiger partial charge in [-0.15, -0.1) is 0 Å². The first-order valence-corrected chi connectivity index (χ1v) is 9.81. The molecule has 0 heterocycles. The zero-order valence-electron chi connectivity index (χ0n) is 15.4. The number of phenolic OH excluding ortho intramolecular Hbond substituents is 1. The number of carbonyl (C=O) groups is 1. The number of aromatic hydroxyl groups is 1. The summed E-state index contributed by atoms with van der Waals surface area (Å²) in [5.41, 5.74) is 0.603. The van der Waals surface area contributed by atoms with Gasteiger partial charge in [-0.05, 0) is 30.7 Å². The molecule has 0 saturated carbocycles. The molecule has 3 nitrogen and oxygen atoms in total. The van der Waals surface area contributed by atoms with Crippen LogP contribution < -0.4 is 5.32 Å². The van der Waals surface area contributed by atoms with Crippen molar-refractivity contribution in [1.82, 2.24) is 5.32 Å². The summed E-state index contributed by atoms with van der Waals surface area (Å²) in [6, 6.07) is 6.37. The highest BCUT2D eigenvalue weighted by atomic mass is 16.3. The zero-order chi connectivity index (χ0) is 17.5. The van der Waals surface area contributed by atoms with Crippen LogP contribution in [0.2, 0.25) is 0 Å². The maximum atomic E-state index is 11.9. The van der Waals surface area contributed by atoms with Gasteiger partial charge in [0.1, 0.15) is 5.75 Å². The number of amides is 1. The highest BCUT2D eigenvalue weighted by Crippen LogP contribution is 2.12. The third-order valence-electron chi connectivity index (χ3n) is 4.45. The van der Waals surface area contributed by atoms with Gasteiger partial charge in [0.05, 0.1) is 0 Å². The van der Waals surface area contributed by atoms with E-state index in [2.05, 4.69) is 12.2 Å². The van der Waals surface area contributed by atoms with Crippen LogP contribution in [0.3, 0.4) is 0 Å². The minimum Gasteiger partial charge on any atom is -0.508 e. The third kappa shape index (κ3) is 10.3. The van der Waals surface area contributed by atoms with Crippen molar-refractivity contribution in [2.24, 2.45) is 0 Å². The largest absolute Gasteiger partial charge is 0.508 e. The Bertz CT molecular complexity index is 428. The van der Waals surface area contributed by atoms with E-state index in [1.54, 1.807) is 24.3 Å². The van der Waals surface area contributed by atoms with Crippen LogP contribution in [0, 0.1) is 0 Å². The number of hydrogen-bond acceptors (Lipinski definition) is 2. The van der Waals surface area contributed by atoms with Gasteiger partial charge < -0.3 is 10.4 Å². The second kappa shape index (κ2) is 13.9. The fourth-order valence-corrected chi connectivity index (χ4v) is 2.88. The minimum absolute atomic E-state index is 0.0573. The van der Waals surface area contributed by atoms with Gasteiger partial charge in [0.2, 0.25) is 0 Å². The average Bonchev–Trinajstić information content (AvgIpc) is 2.59. The molecule has 1 aromatic rings. The van der Waals surface area contributed by atoms with Crippen molar-refractivity contribution in [2.75, 3.05) is 6.54 Å². The number of rotatable bonds is 14. The second-order valence-electron chi connectivity index (χ2n) is 6.69. The molecule has 1 rings (SSSR count). The van der Waals surface area contributed by atoms with E-state index in [1.165, 1.54) is 70.6 Å². The van der Waals surface area contributed by atoms with Crippen molar-refractivity contribution in [3.05, 3.63) is 29.8 Å². The summed E-state index contributed by atoms with van der Waals surface area (Å²) in [6.07, 6.45) is 15.9. The molecule has 0 spiro atoms. The molecule has 0 atom stereocenters. The van der Waals surface area contributed by atoms with Crippen LogP contribution in [-0.2, 0) is 0 Å². The summed E-state index contributed by atoms with van der Waals surface area (Å²) in [7, 11) is 0. The van der Waals surface area contributed by atoms with E-state index >= 15 is 0 Å². The van der Waals surface area contributed by atoms with Gasteiger partial charge >= 0.3 is 0 Å². The molecule has 136 valence electrons. The Morgan fingerprint density at radius 1 is 0.792 bits per heavy atom. The van der Waals surface area contributed by atoms with E-state index in [1.807, 2.05) is 0 Å². The summed E-state index contributed by atoms with van der Waals surface area (Å²) in [5.74, 6) is 0.130. The van der Waals surface area contributed by atoms with Crippen molar-refractivity contribution in [2.45, 2.75) is 84.0 Å². The molecule has 1 amide bonds. The minimum atomic E-state index is -0.0573. The molecule has 2 N–H and O–H groups in total. The Hall–Kier alpha value is -1.51. The molecular weight excluding hydrogens is 298 g/mol. The van der Waals surface area contributed by atoms with Crippen LogP contribution in [0.4, 0.5) is 0 Å². The molecule has 24 heavy (non-hydrogen) atoms. The monoisotopic (exact) mass is 333 g/mol. The Kier molecular flexibility index (Phi) is 11.9. The van der Waals surface area contributed by atoms with Crippen LogP contribution >= 0.6 is 0 Å². The number of hydrogen-bond donors (Lipinski definition) is 2. The van der Waals surface area contributed by atoms with Gasteiger partial charge in [-0.1, -0.05) is 77.6 Å². The quantitative estimate of drug-likeness (QED) is 0.421. The summed E-state index contributed by atoms with van der Waals surface area (Å²) in [5, 5.41) is 12.1. The van der Waals surface area contributed by atoms with E-state index in [0.29, 0.717) is 5.56 Å². The van der Waals surface area contributed by atoms with Gasteiger partial charge in [0.25, 0.3) is 5.91 Å². The predicted molar refractivity (Wildman–Crippen MR) is 102 cm³/mol. The first-order chi connectivity index (χ1) is 11.7. The third-order valence-corrected chi connectivity index (χ3v) is 4.45. The fraction of sp³-hybridized carbons (Fsp3) is 0.667. The van der Waals surface area contributed by atoms with Crippen molar-refractivity contribution >= 4 is 5.91 Å². The molecule has 0 aromatic heterocycles. The lowest BCUT2D eigenvalue weighted by Crippen LogP contribution is -2.24. The molecule has 0 saturated heterocycles. The van der Waals surface area contributed by atoms with Gasteiger partial charge in [0, 0.05) is 12.1 Å². The van der Waals surface area contributed by atoms with Crippen LogP contribution in [0.5, 0.6) is 5.75 Å². The van der Waals surface area contributed by atoms with E-state index in [0.717, 1.165) is 13.0 Å². The number of unbranched alkanes of at least 4 members (excludes halogenated alkanes) is 11. The van der Waals surface area contributed by atoms with Crippen LogP contribution in [0.25, 0.3) is 0 Å². The van der Waals surface area contributed by atoms with Crippen molar-refractivity contribution in [1.29, 1.82) is 0 Å². The standard InChI is InChI=1S/C21H35NO2/c1-2-3-4-5-6-7-8-9-10-11-12-13-18-22-21(24)19-14-16-20(23)17-15-19/h14-17,23H,2-13,18H2,1H3,(H,22,24). The van der Waals surface area contributed by atoms with Gasteiger partial charge in [-0.3, -0.25) is 4.79 Å². The summed E-state index contributed by atoms with van der Waals surface area (Å²) >= 11 is 0. The van der Waals surface area contributed by atoms with E-state index in [9.17, 15) is 9.90 Å². The SMILES string of the molecule is CCCCCCCCCCCCCCNC(=O)c1ccc(O)cc1. The van der Waals surface area contributed by atoms with E-state index < -0.39 is 0 Å². The normalized spacial score (nSPS) is 10.7. The van der Waals surface area contributed by atoms with Gasteiger partial charge in [-0.2, -0.15) is 0 Å².